The van der Waals surface area contributed by atoms with E-state index >= 15 is 0 Å². The standard InChI is InChI=1S/C26H36N2O6/c1-3-23(31-17-11-27-7-13-29-14-8-27)21-25(5-1)33-19-20-34-26-6-2-4-24(22-26)32-18-12-28-9-15-30-16-10-28/h1-6,21-22H,7-20H2. The Labute approximate surface area is 202 Å². The van der Waals surface area contributed by atoms with Gasteiger partial charge in [0.25, 0.3) is 0 Å². The molecule has 2 aromatic rings. The zero-order chi connectivity index (χ0) is 23.3. The van der Waals surface area contributed by atoms with Crippen LogP contribution in [0.15, 0.2) is 48.5 Å². The van der Waals surface area contributed by atoms with E-state index in [9.17, 15) is 0 Å². The lowest BCUT2D eigenvalue weighted by Gasteiger charge is -2.26. The summed E-state index contributed by atoms with van der Waals surface area (Å²) in [6, 6.07) is 15.5. The first kappa shape index (κ1) is 24.6. The van der Waals surface area contributed by atoms with Crippen molar-refractivity contribution in [3.8, 4) is 23.0 Å². The van der Waals surface area contributed by atoms with Crippen LogP contribution >= 0.6 is 0 Å². The van der Waals surface area contributed by atoms with E-state index in [1.54, 1.807) is 0 Å². The van der Waals surface area contributed by atoms with Gasteiger partial charge in [-0.15, -0.1) is 0 Å². The fraction of sp³-hybridized carbons (Fsp3) is 0.538. The number of benzene rings is 2. The van der Waals surface area contributed by atoms with E-state index in [0.29, 0.717) is 26.4 Å². The molecule has 0 amide bonds. The van der Waals surface area contributed by atoms with Crippen LogP contribution in [0.1, 0.15) is 0 Å². The molecule has 2 aliphatic heterocycles. The number of nitrogens with zero attached hydrogens (tertiary/aromatic N) is 2. The monoisotopic (exact) mass is 472 g/mol. The van der Waals surface area contributed by atoms with Crippen molar-refractivity contribution in [2.45, 2.75) is 0 Å². The van der Waals surface area contributed by atoms with Crippen LogP contribution in [0, 0.1) is 0 Å². The summed E-state index contributed by atoms with van der Waals surface area (Å²) in [5.74, 6) is 3.17. The quantitative estimate of drug-likeness (QED) is 0.413. The zero-order valence-electron chi connectivity index (χ0n) is 19.9. The van der Waals surface area contributed by atoms with Crippen LogP contribution in [-0.4, -0.2) is 102 Å². The van der Waals surface area contributed by atoms with Crippen molar-refractivity contribution < 1.29 is 28.4 Å². The molecule has 4 rings (SSSR count). The molecule has 0 bridgehead atoms. The number of ether oxygens (including phenoxy) is 6. The zero-order valence-corrected chi connectivity index (χ0v) is 19.9. The molecular formula is C26H36N2O6. The molecule has 2 aliphatic rings. The Bertz CT molecular complexity index is 770. The van der Waals surface area contributed by atoms with Crippen LogP contribution in [0.4, 0.5) is 0 Å². The molecule has 186 valence electrons. The normalized spacial score (nSPS) is 17.3. The minimum atomic E-state index is 0.444. The van der Waals surface area contributed by atoms with Crippen molar-refractivity contribution in [3.63, 3.8) is 0 Å². The molecule has 0 unspecified atom stereocenters. The summed E-state index contributed by atoms with van der Waals surface area (Å²) in [5, 5.41) is 0. The molecular weight excluding hydrogens is 436 g/mol. The Balaban J connectivity index is 1.11. The molecule has 0 aliphatic carbocycles. The van der Waals surface area contributed by atoms with Crippen molar-refractivity contribution in [3.05, 3.63) is 48.5 Å². The van der Waals surface area contributed by atoms with E-state index in [1.807, 2.05) is 48.5 Å². The van der Waals surface area contributed by atoms with Crippen molar-refractivity contribution in [1.29, 1.82) is 0 Å². The second kappa shape index (κ2) is 14.0. The van der Waals surface area contributed by atoms with Gasteiger partial charge in [-0.2, -0.15) is 0 Å². The molecule has 0 saturated carbocycles. The van der Waals surface area contributed by atoms with E-state index in [4.69, 9.17) is 28.4 Å². The fourth-order valence-electron chi connectivity index (χ4n) is 3.86. The van der Waals surface area contributed by atoms with Crippen molar-refractivity contribution in [2.75, 3.05) is 92.1 Å². The van der Waals surface area contributed by atoms with Crippen molar-refractivity contribution in [1.82, 2.24) is 9.80 Å². The molecule has 0 radical (unpaired) electrons. The number of hydrogen-bond donors (Lipinski definition) is 0. The van der Waals surface area contributed by atoms with E-state index in [-0.39, 0.29) is 0 Å². The summed E-state index contributed by atoms with van der Waals surface area (Å²) in [5.41, 5.74) is 0. The fourth-order valence-corrected chi connectivity index (χ4v) is 3.86. The first-order valence-corrected chi connectivity index (χ1v) is 12.2. The van der Waals surface area contributed by atoms with Crippen LogP contribution in [0.3, 0.4) is 0 Å². The van der Waals surface area contributed by atoms with Gasteiger partial charge in [0.15, 0.2) is 0 Å². The van der Waals surface area contributed by atoms with Crippen LogP contribution in [-0.2, 0) is 9.47 Å². The van der Waals surface area contributed by atoms with Gasteiger partial charge in [0.05, 0.1) is 26.4 Å². The van der Waals surface area contributed by atoms with Crippen LogP contribution in [0.25, 0.3) is 0 Å². The summed E-state index contributed by atoms with van der Waals surface area (Å²) in [4.78, 5) is 4.71. The largest absolute Gasteiger partial charge is 0.492 e. The summed E-state index contributed by atoms with van der Waals surface area (Å²) >= 11 is 0. The van der Waals surface area contributed by atoms with Gasteiger partial charge in [-0.25, -0.2) is 0 Å². The van der Waals surface area contributed by atoms with Crippen LogP contribution in [0.2, 0.25) is 0 Å². The Morgan fingerprint density at radius 3 is 1.26 bits per heavy atom. The highest BCUT2D eigenvalue weighted by Gasteiger charge is 2.11. The van der Waals surface area contributed by atoms with E-state index in [2.05, 4.69) is 9.80 Å². The van der Waals surface area contributed by atoms with E-state index < -0.39 is 0 Å². The smallest absolute Gasteiger partial charge is 0.123 e. The van der Waals surface area contributed by atoms with Gasteiger partial charge in [0.2, 0.25) is 0 Å². The van der Waals surface area contributed by atoms with Gasteiger partial charge in [-0.1, -0.05) is 12.1 Å². The van der Waals surface area contributed by atoms with Gasteiger partial charge in [-0.05, 0) is 24.3 Å². The molecule has 8 heteroatoms. The number of morpholine rings is 2. The predicted molar refractivity (Wildman–Crippen MR) is 129 cm³/mol. The highest BCUT2D eigenvalue weighted by atomic mass is 16.5. The Morgan fingerprint density at radius 1 is 0.529 bits per heavy atom. The molecule has 8 nitrogen and oxygen atoms in total. The Hall–Kier alpha value is -2.52. The van der Waals surface area contributed by atoms with Crippen molar-refractivity contribution in [2.24, 2.45) is 0 Å². The first-order chi connectivity index (χ1) is 16.8. The van der Waals surface area contributed by atoms with Gasteiger partial charge in [-0.3, -0.25) is 9.80 Å². The molecule has 0 N–H and O–H groups in total. The summed E-state index contributed by atoms with van der Waals surface area (Å²) in [6.45, 7) is 11.1. The first-order valence-electron chi connectivity index (χ1n) is 12.2. The van der Waals surface area contributed by atoms with Gasteiger partial charge in [0, 0.05) is 51.4 Å². The highest BCUT2D eigenvalue weighted by molar-refractivity contribution is 5.34. The third-order valence-electron chi connectivity index (χ3n) is 5.79. The highest BCUT2D eigenvalue weighted by Crippen LogP contribution is 2.21. The van der Waals surface area contributed by atoms with Crippen LogP contribution < -0.4 is 18.9 Å². The number of hydrogen-bond acceptors (Lipinski definition) is 8. The molecule has 0 atom stereocenters. The Kier molecular flexibility index (Phi) is 10.1. The van der Waals surface area contributed by atoms with Gasteiger partial charge in [0.1, 0.15) is 49.4 Å². The van der Waals surface area contributed by atoms with Gasteiger partial charge >= 0.3 is 0 Å². The second-order valence-corrected chi connectivity index (χ2v) is 8.25. The lowest BCUT2D eigenvalue weighted by Crippen LogP contribution is -2.38. The number of rotatable bonds is 13. The summed E-state index contributed by atoms with van der Waals surface area (Å²) in [7, 11) is 0. The molecule has 2 heterocycles. The second-order valence-electron chi connectivity index (χ2n) is 8.25. The minimum absolute atomic E-state index is 0.444. The van der Waals surface area contributed by atoms with E-state index in [0.717, 1.165) is 88.7 Å². The molecule has 34 heavy (non-hydrogen) atoms. The maximum atomic E-state index is 5.89. The lowest BCUT2D eigenvalue weighted by atomic mass is 10.3. The molecule has 2 saturated heterocycles. The van der Waals surface area contributed by atoms with Gasteiger partial charge < -0.3 is 28.4 Å². The molecule has 2 aromatic carbocycles. The third kappa shape index (κ3) is 8.68. The topological polar surface area (TPSA) is 61.9 Å². The van der Waals surface area contributed by atoms with Crippen LogP contribution in [0.5, 0.6) is 23.0 Å². The summed E-state index contributed by atoms with van der Waals surface area (Å²) in [6.07, 6.45) is 0. The maximum Gasteiger partial charge on any atom is 0.123 e. The SMILES string of the molecule is c1cc(OCCOc2cccc(OCCN3CCOCC3)c2)cc(OCCN2CCOCC2)c1. The average Bonchev–Trinajstić information content (AvgIpc) is 2.89. The minimum Gasteiger partial charge on any atom is -0.492 e. The molecule has 0 spiro atoms. The third-order valence-corrected chi connectivity index (χ3v) is 5.79. The lowest BCUT2D eigenvalue weighted by molar-refractivity contribution is 0.0321. The van der Waals surface area contributed by atoms with Crippen molar-refractivity contribution >= 4 is 0 Å². The average molecular weight is 473 g/mol. The summed E-state index contributed by atoms with van der Waals surface area (Å²) < 4.78 is 34.2. The molecule has 2 fully saturated rings. The maximum absolute atomic E-state index is 5.89. The molecule has 0 aromatic heterocycles. The van der Waals surface area contributed by atoms with E-state index in [1.165, 1.54) is 0 Å². The Morgan fingerprint density at radius 2 is 0.882 bits per heavy atom. The predicted octanol–water partition coefficient (Wildman–Crippen LogP) is 2.57.